The lowest BCUT2D eigenvalue weighted by atomic mass is 9.83. The molecule has 158 valence electrons. The van der Waals surface area contributed by atoms with Gasteiger partial charge in [0.1, 0.15) is 0 Å². The highest BCUT2D eigenvalue weighted by atomic mass is 16.5. The van der Waals surface area contributed by atoms with E-state index < -0.39 is 12.5 Å². The van der Waals surface area contributed by atoms with Crippen LogP contribution in [0.25, 0.3) is 0 Å². The summed E-state index contributed by atoms with van der Waals surface area (Å²) in [7, 11) is 0. The number of nitrogens with one attached hydrogen (secondary N) is 1. The standard InChI is InChI=1S/C25H23NO5/c27-21(13-31-22(28)12-16-11-14-8-9-15(16)10-14)26-20-7-3-6-19-23(20)25(30)18-5-2-1-4-17(18)24(19)29/h1-7,14-16H,8-13H2,(H,26,27)/t14-,15+,16+/m0/s1. The number of carbonyl (C=O) groups excluding carboxylic acids is 4. The summed E-state index contributed by atoms with van der Waals surface area (Å²) in [5.74, 6) is 0.290. The van der Waals surface area contributed by atoms with Crippen molar-refractivity contribution in [3.8, 4) is 0 Å². The van der Waals surface area contributed by atoms with Crippen LogP contribution in [0.1, 0.15) is 63.9 Å². The summed E-state index contributed by atoms with van der Waals surface area (Å²) in [5, 5.41) is 2.64. The molecule has 0 aromatic heterocycles. The van der Waals surface area contributed by atoms with E-state index in [0.717, 1.165) is 12.3 Å². The second-order valence-corrected chi connectivity index (χ2v) is 8.78. The summed E-state index contributed by atoms with van der Waals surface area (Å²) in [4.78, 5) is 50.4. The van der Waals surface area contributed by atoms with Gasteiger partial charge in [-0.3, -0.25) is 19.2 Å². The number of amides is 1. The highest BCUT2D eigenvalue weighted by Crippen LogP contribution is 2.49. The lowest BCUT2D eigenvalue weighted by Crippen LogP contribution is -2.26. The molecule has 6 heteroatoms. The zero-order chi connectivity index (χ0) is 21.5. The average molecular weight is 417 g/mol. The average Bonchev–Trinajstić information content (AvgIpc) is 3.39. The van der Waals surface area contributed by atoms with Crippen molar-refractivity contribution in [3.05, 3.63) is 64.7 Å². The molecule has 2 saturated carbocycles. The molecule has 1 N–H and O–H groups in total. The van der Waals surface area contributed by atoms with Gasteiger partial charge in [-0.25, -0.2) is 0 Å². The first-order valence-electron chi connectivity index (χ1n) is 10.8. The number of benzene rings is 2. The van der Waals surface area contributed by atoms with E-state index >= 15 is 0 Å². The molecule has 6 nitrogen and oxygen atoms in total. The van der Waals surface area contributed by atoms with Crippen LogP contribution in [-0.4, -0.2) is 30.0 Å². The molecule has 2 fully saturated rings. The van der Waals surface area contributed by atoms with Crippen LogP contribution in [0, 0.1) is 17.8 Å². The van der Waals surface area contributed by atoms with Gasteiger partial charge in [0.25, 0.3) is 5.91 Å². The molecular formula is C25H23NO5. The van der Waals surface area contributed by atoms with Gasteiger partial charge in [-0.2, -0.15) is 0 Å². The normalized spacial score (nSPS) is 23.3. The van der Waals surface area contributed by atoms with Crippen molar-refractivity contribution in [2.24, 2.45) is 17.8 Å². The molecule has 0 heterocycles. The largest absolute Gasteiger partial charge is 0.456 e. The van der Waals surface area contributed by atoms with Gasteiger partial charge in [-0.15, -0.1) is 0 Å². The molecule has 3 aliphatic rings. The molecule has 0 unspecified atom stereocenters. The predicted octanol–water partition coefficient (Wildman–Crippen LogP) is 3.77. The number of hydrogen-bond donors (Lipinski definition) is 1. The van der Waals surface area contributed by atoms with E-state index in [2.05, 4.69) is 5.32 Å². The Morgan fingerprint density at radius 2 is 1.65 bits per heavy atom. The van der Waals surface area contributed by atoms with Crippen LogP contribution in [0.15, 0.2) is 42.5 Å². The minimum atomic E-state index is -0.534. The van der Waals surface area contributed by atoms with E-state index in [1.807, 2.05) is 0 Å². The molecule has 1 amide bonds. The Morgan fingerprint density at radius 3 is 2.35 bits per heavy atom. The zero-order valence-corrected chi connectivity index (χ0v) is 17.1. The van der Waals surface area contributed by atoms with Crippen LogP contribution in [0.3, 0.4) is 0 Å². The SMILES string of the molecule is O=C(COC(=O)C[C@H]1C[C@H]2CC[C@@H]1C2)Nc1cccc2c1C(=O)c1ccccc1C2=O. The van der Waals surface area contributed by atoms with Gasteiger partial charge in [-0.05, 0) is 43.1 Å². The molecule has 0 saturated heterocycles. The highest BCUT2D eigenvalue weighted by molar-refractivity contribution is 6.30. The summed E-state index contributed by atoms with van der Waals surface area (Å²) in [6.07, 6.45) is 5.12. The molecule has 2 aromatic carbocycles. The number of fused-ring (bicyclic) bond motifs is 4. The fourth-order valence-electron chi connectivity index (χ4n) is 5.48. The smallest absolute Gasteiger partial charge is 0.306 e. The maximum absolute atomic E-state index is 13.0. The van der Waals surface area contributed by atoms with Gasteiger partial charge in [0.05, 0.1) is 11.3 Å². The third-order valence-electron chi connectivity index (χ3n) is 6.90. The fraction of sp³-hybridized carbons (Fsp3) is 0.360. The van der Waals surface area contributed by atoms with E-state index in [1.54, 1.807) is 42.5 Å². The maximum atomic E-state index is 13.0. The second kappa shape index (κ2) is 7.76. The van der Waals surface area contributed by atoms with Crippen LogP contribution in [-0.2, 0) is 14.3 Å². The first-order valence-corrected chi connectivity index (χ1v) is 10.8. The summed E-state index contributed by atoms with van der Waals surface area (Å²) in [6.45, 7) is -0.415. The molecule has 2 aromatic rings. The van der Waals surface area contributed by atoms with Gasteiger partial charge in [0.2, 0.25) is 0 Å². The second-order valence-electron chi connectivity index (χ2n) is 8.78. The van der Waals surface area contributed by atoms with Crippen molar-refractivity contribution < 1.29 is 23.9 Å². The van der Waals surface area contributed by atoms with E-state index in [9.17, 15) is 19.2 Å². The third kappa shape index (κ3) is 3.56. The van der Waals surface area contributed by atoms with Gasteiger partial charge < -0.3 is 10.1 Å². The minimum absolute atomic E-state index is 0.174. The third-order valence-corrected chi connectivity index (χ3v) is 6.90. The van der Waals surface area contributed by atoms with Crippen LogP contribution in [0.5, 0.6) is 0 Å². The van der Waals surface area contributed by atoms with E-state index in [0.29, 0.717) is 29.4 Å². The first-order chi connectivity index (χ1) is 15.0. The van der Waals surface area contributed by atoms with Crippen LogP contribution < -0.4 is 5.32 Å². The Labute approximate surface area is 180 Å². The summed E-state index contributed by atoms with van der Waals surface area (Å²) < 4.78 is 5.19. The molecule has 2 bridgehead atoms. The number of ketones is 2. The van der Waals surface area contributed by atoms with Crippen LogP contribution >= 0.6 is 0 Å². The topological polar surface area (TPSA) is 89.5 Å². The van der Waals surface area contributed by atoms with Crippen molar-refractivity contribution in [2.45, 2.75) is 32.1 Å². The molecule has 0 aliphatic heterocycles. The molecule has 3 aliphatic carbocycles. The van der Waals surface area contributed by atoms with Gasteiger partial charge in [0.15, 0.2) is 18.2 Å². The number of ether oxygens (including phenoxy) is 1. The Kier molecular flexibility index (Phi) is 4.93. The summed E-state index contributed by atoms with van der Waals surface area (Å²) >= 11 is 0. The van der Waals surface area contributed by atoms with Crippen LogP contribution in [0.2, 0.25) is 0 Å². The Balaban J connectivity index is 1.25. The summed E-state index contributed by atoms with van der Waals surface area (Å²) in [5.41, 5.74) is 1.36. The van der Waals surface area contributed by atoms with Crippen molar-refractivity contribution >= 4 is 29.1 Å². The molecule has 0 spiro atoms. The number of hydrogen-bond acceptors (Lipinski definition) is 5. The highest BCUT2D eigenvalue weighted by Gasteiger charge is 2.40. The predicted molar refractivity (Wildman–Crippen MR) is 113 cm³/mol. The van der Waals surface area contributed by atoms with Crippen LogP contribution in [0.4, 0.5) is 5.69 Å². The molecule has 0 radical (unpaired) electrons. The minimum Gasteiger partial charge on any atom is -0.456 e. The number of carbonyl (C=O) groups is 4. The quantitative estimate of drug-likeness (QED) is 0.639. The number of esters is 1. The van der Waals surface area contributed by atoms with Crippen molar-refractivity contribution in [1.82, 2.24) is 0 Å². The van der Waals surface area contributed by atoms with Gasteiger partial charge >= 0.3 is 5.97 Å². The summed E-state index contributed by atoms with van der Waals surface area (Å²) in [6, 6.07) is 11.4. The van der Waals surface area contributed by atoms with E-state index in [4.69, 9.17) is 4.74 Å². The maximum Gasteiger partial charge on any atom is 0.306 e. The molecule has 5 rings (SSSR count). The molecule has 3 atom stereocenters. The number of anilines is 1. The Morgan fingerprint density at radius 1 is 0.903 bits per heavy atom. The van der Waals surface area contributed by atoms with Gasteiger partial charge in [0, 0.05) is 23.1 Å². The lowest BCUT2D eigenvalue weighted by molar-refractivity contribution is -0.148. The first kappa shape index (κ1) is 19.7. The molecule has 31 heavy (non-hydrogen) atoms. The number of rotatable bonds is 5. The Hall–Kier alpha value is -3.28. The zero-order valence-electron chi connectivity index (χ0n) is 17.1. The van der Waals surface area contributed by atoms with Gasteiger partial charge in [-0.1, -0.05) is 42.8 Å². The lowest BCUT2D eigenvalue weighted by Gasteiger charge is -2.21. The molecular weight excluding hydrogens is 394 g/mol. The van der Waals surface area contributed by atoms with E-state index in [-0.39, 0.29) is 34.4 Å². The Bertz CT molecular complexity index is 1100. The fourth-order valence-corrected chi connectivity index (χ4v) is 5.48. The monoisotopic (exact) mass is 417 g/mol. The van der Waals surface area contributed by atoms with Crippen molar-refractivity contribution in [2.75, 3.05) is 11.9 Å². The van der Waals surface area contributed by atoms with Crippen molar-refractivity contribution in [3.63, 3.8) is 0 Å². The van der Waals surface area contributed by atoms with E-state index in [1.165, 1.54) is 19.3 Å². The van der Waals surface area contributed by atoms with Crippen molar-refractivity contribution in [1.29, 1.82) is 0 Å².